The van der Waals surface area contributed by atoms with Crippen LogP contribution in [0.2, 0.25) is 0 Å². The summed E-state index contributed by atoms with van der Waals surface area (Å²) in [6, 6.07) is 5.26. The van der Waals surface area contributed by atoms with Crippen LogP contribution in [0, 0.1) is 11.8 Å². The van der Waals surface area contributed by atoms with Crippen molar-refractivity contribution in [1.82, 2.24) is 10.3 Å². The van der Waals surface area contributed by atoms with Crippen LogP contribution in [-0.2, 0) is 6.54 Å². The molecule has 20 heavy (non-hydrogen) atoms. The number of nitrogens with two attached hydrogens (primary N) is 1. The van der Waals surface area contributed by atoms with Gasteiger partial charge < -0.3 is 16.2 Å². The third-order valence-corrected chi connectivity index (χ3v) is 3.44. The van der Waals surface area contributed by atoms with Crippen molar-refractivity contribution in [2.45, 2.75) is 6.54 Å². The molecule has 0 radical (unpaired) electrons. The summed E-state index contributed by atoms with van der Waals surface area (Å²) in [6.45, 7) is 0.709. The summed E-state index contributed by atoms with van der Waals surface area (Å²) >= 11 is 1.50. The van der Waals surface area contributed by atoms with Crippen molar-refractivity contribution in [3.63, 3.8) is 0 Å². The van der Waals surface area contributed by atoms with Crippen LogP contribution in [0.5, 0.6) is 5.75 Å². The van der Waals surface area contributed by atoms with E-state index in [4.69, 9.17) is 5.73 Å². The molecule has 0 spiro atoms. The Morgan fingerprint density at radius 3 is 3.05 bits per heavy atom. The number of thiophene rings is 1. The summed E-state index contributed by atoms with van der Waals surface area (Å²) < 4.78 is 0. The van der Waals surface area contributed by atoms with Crippen molar-refractivity contribution >= 4 is 17.2 Å². The molecule has 0 aromatic carbocycles. The molecule has 102 valence electrons. The van der Waals surface area contributed by atoms with E-state index in [0.717, 1.165) is 9.75 Å². The lowest BCUT2D eigenvalue weighted by molar-refractivity contribution is 0.0948. The average Bonchev–Trinajstić information content (AvgIpc) is 2.91. The first-order valence-corrected chi connectivity index (χ1v) is 6.71. The molecule has 0 aliphatic heterocycles. The van der Waals surface area contributed by atoms with Crippen molar-refractivity contribution in [2.75, 3.05) is 6.54 Å². The molecule has 1 amide bonds. The maximum atomic E-state index is 11.9. The third-order valence-electron chi connectivity index (χ3n) is 2.44. The molecule has 4 N–H and O–H groups in total. The van der Waals surface area contributed by atoms with Crippen molar-refractivity contribution in [1.29, 1.82) is 0 Å². The van der Waals surface area contributed by atoms with Crippen LogP contribution >= 0.6 is 11.3 Å². The highest BCUT2D eigenvalue weighted by Crippen LogP contribution is 2.16. The molecule has 0 fully saturated rings. The van der Waals surface area contributed by atoms with Crippen LogP contribution in [0.15, 0.2) is 30.6 Å². The van der Waals surface area contributed by atoms with Gasteiger partial charge in [0.2, 0.25) is 0 Å². The fourth-order valence-electron chi connectivity index (χ4n) is 1.52. The molecule has 2 aromatic heterocycles. The lowest BCUT2D eigenvalue weighted by Gasteiger charge is -2.04. The van der Waals surface area contributed by atoms with Gasteiger partial charge in [0.1, 0.15) is 5.75 Å². The largest absolute Gasteiger partial charge is 0.505 e. The molecule has 2 heterocycles. The zero-order valence-electron chi connectivity index (χ0n) is 10.6. The number of pyridine rings is 1. The van der Waals surface area contributed by atoms with Gasteiger partial charge >= 0.3 is 0 Å². The minimum absolute atomic E-state index is 0.134. The summed E-state index contributed by atoms with van der Waals surface area (Å²) in [5.41, 5.74) is 5.51. The number of aromatic nitrogens is 1. The maximum Gasteiger partial charge on any atom is 0.255 e. The fourth-order valence-corrected chi connectivity index (χ4v) is 2.34. The van der Waals surface area contributed by atoms with Gasteiger partial charge in [-0.2, -0.15) is 0 Å². The SMILES string of the molecule is NCC#Cc1ccc(CNC(=O)c2ccncc2O)s1. The van der Waals surface area contributed by atoms with E-state index in [1.807, 2.05) is 12.1 Å². The third kappa shape index (κ3) is 3.57. The Balaban J connectivity index is 1.97. The van der Waals surface area contributed by atoms with Gasteiger partial charge in [0.25, 0.3) is 5.91 Å². The van der Waals surface area contributed by atoms with E-state index in [0.29, 0.717) is 13.1 Å². The Morgan fingerprint density at radius 1 is 1.45 bits per heavy atom. The lowest BCUT2D eigenvalue weighted by Crippen LogP contribution is -2.22. The van der Waals surface area contributed by atoms with Gasteiger partial charge in [-0.25, -0.2) is 0 Å². The number of rotatable bonds is 3. The Bertz CT molecular complexity index is 670. The molecule has 2 rings (SSSR count). The Kier molecular flexibility index (Phi) is 4.71. The van der Waals surface area contributed by atoms with Gasteiger partial charge in [-0.1, -0.05) is 11.8 Å². The number of hydrogen-bond donors (Lipinski definition) is 3. The summed E-state index contributed by atoms with van der Waals surface area (Å²) in [5.74, 6) is 5.24. The van der Waals surface area contributed by atoms with Gasteiger partial charge in [-0.15, -0.1) is 11.3 Å². The number of nitrogens with zero attached hydrogens (tertiary/aromatic N) is 1. The number of nitrogens with one attached hydrogen (secondary N) is 1. The van der Waals surface area contributed by atoms with E-state index in [1.54, 1.807) is 0 Å². The first kappa shape index (κ1) is 14.1. The number of amides is 1. The Hall–Kier alpha value is -2.36. The van der Waals surface area contributed by atoms with E-state index >= 15 is 0 Å². The molecule has 6 heteroatoms. The van der Waals surface area contributed by atoms with E-state index in [2.05, 4.69) is 22.1 Å². The second-order valence-corrected chi connectivity index (χ2v) is 5.02. The number of hydrogen-bond acceptors (Lipinski definition) is 5. The van der Waals surface area contributed by atoms with Gasteiger partial charge in [-0.05, 0) is 18.2 Å². The number of aromatic hydroxyl groups is 1. The molecular weight excluding hydrogens is 274 g/mol. The Labute approximate surface area is 120 Å². The van der Waals surface area contributed by atoms with Crippen LogP contribution in [0.4, 0.5) is 0 Å². The van der Waals surface area contributed by atoms with Crippen molar-refractivity contribution < 1.29 is 9.90 Å². The van der Waals surface area contributed by atoms with Crippen molar-refractivity contribution in [2.24, 2.45) is 5.73 Å². The van der Waals surface area contributed by atoms with E-state index in [9.17, 15) is 9.90 Å². The minimum atomic E-state index is -0.340. The van der Waals surface area contributed by atoms with E-state index < -0.39 is 0 Å². The van der Waals surface area contributed by atoms with Crippen LogP contribution < -0.4 is 11.1 Å². The van der Waals surface area contributed by atoms with E-state index in [-0.39, 0.29) is 17.2 Å². The molecular formula is C14H13N3O2S. The maximum absolute atomic E-state index is 11.9. The zero-order chi connectivity index (χ0) is 14.4. The minimum Gasteiger partial charge on any atom is -0.505 e. The number of carbonyl (C=O) groups is 1. The molecule has 5 nitrogen and oxygen atoms in total. The molecule has 0 aliphatic carbocycles. The normalized spacial score (nSPS) is 9.65. The van der Waals surface area contributed by atoms with E-state index in [1.165, 1.54) is 29.8 Å². The highest BCUT2D eigenvalue weighted by atomic mass is 32.1. The zero-order valence-corrected chi connectivity index (χ0v) is 11.4. The van der Waals surface area contributed by atoms with Gasteiger partial charge in [0.15, 0.2) is 0 Å². The summed E-state index contributed by atoms with van der Waals surface area (Å²) in [7, 11) is 0. The summed E-state index contributed by atoms with van der Waals surface area (Å²) in [5, 5.41) is 12.3. The highest BCUT2D eigenvalue weighted by molar-refractivity contribution is 7.12. The van der Waals surface area contributed by atoms with Crippen LogP contribution in [0.1, 0.15) is 20.1 Å². The highest BCUT2D eigenvalue weighted by Gasteiger charge is 2.10. The smallest absolute Gasteiger partial charge is 0.255 e. The standard InChI is InChI=1S/C14H13N3O2S/c15-6-1-2-10-3-4-11(20-10)8-17-14(19)12-5-7-16-9-13(12)18/h3-5,7,9,18H,6,8,15H2,(H,17,19). The molecule has 0 unspecified atom stereocenters. The van der Waals surface area contributed by atoms with Gasteiger partial charge in [-0.3, -0.25) is 9.78 Å². The first-order valence-electron chi connectivity index (χ1n) is 5.89. The quantitative estimate of drug-likeness (QED) is 0.737. The average molecular weight is 287 g/mol. The topological polar surface area (TPSA) is 88.2 Å². The Morgan fingerprint density at radius 2 is 2.30 bits per heavy atom. The predicted octanol–water partition coefficient (Wildman–Crippen LogP) is 1.09. The first-order chi connectivity index (χ1) is 9.70. The molecule has 0 saturated carbocycles. The molecule has 0 saturated heterocycles. The van der Waals surface area contributed by atoms with Crippen LogP contribution in [0.3, 0.4) is 0 Å². The van der Waals surface area contributed by atoms with Gasteiger partial charge in [0.05, 0.1) is 29.7 Å². The fraction of sp³-hybridized carbons (Fsp3) is 0.143. The van der Waals surface area contributed by atoms with Crippen molar-refractivity contribution in [3.8, 4) is 17.6 Å². The second kappa shape index (κ2) is 6.70. The monoisotopic (exact) mass is 287 g/mol. The molecule has 0 atom stereocenters. The van der Waals surface area contributed by atoms with Crippen LogP contribution in [-0.4, -0.2) is 22.5 Å². The molecule has 2 aromatic rings. The molecule has 0 bridgehead atoms. The summed E-state index contributed by atoms with van der Waals surface area (Å²) in [4.78, 5) is 17.5. The molecule has 0 aliphatic rings. The lowest BCUT2D eigenvalue weighted by atomic mass is 10.2. The van der Waals surface area contributed by atoms with Crippen LogP contribution in [0.25, 0.3) is 0 Å². The summed E-state index contributed by atoms with van der Waals surface area (Å²) in [6.07, 6.45) is 2.70. The number of carbonyl (C=O) groups excluding carboxylic acids is 1. The van der Waals surface area contributed by atoms with Crippen molar-refractivity contribution in [3.05, 3.63) is 45.9 Å². The second-order valence-electron chi connectivity index (χ2n) is 3.85. The predicted molar refractivity (Wildman–Crippen MR) is 77.3 cm³/mol. The van der Waals surface area contributed by atoms with Gasteiger partial charge in [0, 0.05) is 11.1 Å².